The van der Waals surface area contributed by atoms with E-state index in [1.807, 2.05) is 66.4 Å². The molecule has 44 heavy (non-hydrogen) atoms. The predicted octanol–water partition coefficient (Wildman–Crippen LogP) is 5.72. The number of nitrogens with two attached hydrogens (primary N) is 1. The number of para-hydroxylation sites is 2. The smallest absolute Gasteiger partial charge is 0.250 e. The average Bonchev–Trinajstić information content (AvgIpc) is 3.40. The van der Waals surface area contributed by atoms with Crippen molar-refractivity contribution in [3.63, 3.8) is 0 Å². The van der Waals surface area contributed by atoms with Crippen molar-refractivity contribution in [2.75, 3.05) is 78.1 Å². The van der Waals surface area contributed by atoms with Crippen LogP contribution in [0.15, 0.2) is 60.7 Å². The predicted molar refractivity (Wildman–Crippen MR) is 182 cm³/mol. The first kappa shape index (κ1) is 33.7. The third kappa shape index (κ3) is 7.71. The van der Waals surface area contributed by atoms with Gasteiger partial charge < -0.3 is 30.9 Å². The highest BCUT2D eigenvalue weighted by molar-refractivity contribution is 6.18. The molecule has 2 heterocycles. The van der Waals surface area contributed by atoms with E-state index in [2.05, 4.69) is 26.5 Å². The monoisotopic (exact) mass is 660 g/mol. The van der Waals surface area contributed by atoms with Crippen molar-refractivity contribution in [3.05, 3.63) is 77.4 Å². The number of morpholine rings is 1. The SMILES string of the molecule is Cc1cc(N2c3ccccc3NC2c2cccc(NC(=O)CCN3CCOCC3)c2)cc(C(N)=O)c1N(CCCl)CCCl.Cl. The molecule has 1 unspecified atom stereocenters. The molecule has 3 aromatic rings. The van der Waals surface area contributed by atoms with Gasteiger partial charge >= 0.3 is 0 Å². The van der Waals surface area contributed by atoms with Crippen LogP contribution in [0.3, 0.4) is 0 Å². The van der Waals surface area contributed by atoms with Gasteiger partial charge in [-0.05, 0) is 54.4 Å². The van der Waals surface area contributed by atoms with E-state index >= 15 is 0 Å². The Morgan fingerprint density at radius 1 is 1.05 bits per heavy atom. The molecule has 2 amide bonds. The maximum Gasteiger partial charge on any atom is 0.250 e. The van der Waals surface area contributed by atoms with Gasteiger partial charge in [-0.25, -0.2) is 0 Å². The zero-order valence-electron chi connectivity index (χ0n) is 24.7. The van der Waals surface area contributed by atoms with Crippen LogP contribution in [0, 0.1) is 6.92 Å². The summed E-state index contributed by atoms with van der Waals surface area (Å²) in [4.78, 5) is 32.0. The lowest BCUT2D eigenvalue weighted by Gasteiger charge is -2.31. The number of aryl methyl sites for hydroxylation is 1. The summed E-state index contributed by atoms with van der Waals surface area (Å²) in [5.74, 6) is 0.232. The molecule has 2 aliphatic heterocycles. The van der Waals surface area contributed by atoms with Crippen LogP contribution in [0.1, 0.15) is 34.1 Å². The summed E-state index contributed by atoms with van der Waals surface area (Å²) >= 11 is 12.2. The van der Waals surface area contributed by atoms with Crippen molar-refractivity contribution >= 4 is 75.9 Å². The second-order valence-electron chi connectivity index (χ2n) is 10.7. The normalized spacial score (nSPS) is 16.1. The van der Waals surface area contributed by atoms with Gasteiger partial charge in [-0.2, -0.15) is 0 Å². The van der Waals surface area contributed by atoms with E-state index in [0.717, 1.165) is 52.7 Å². The van der Waals surface area contributed by atoms with Gasteiger partial charge in [0.05, 0.1) is 35.8 Å². The van der Waals surface area contributed by atoms with Crippen LogP contribution in [-0.4, -0.2) is 74.4 Å². The fourth-order valence-electron chi connectivity index (χ4n) is 5.82. The largest absolute Gasteiger partial charge is 0.379 e. The van der Waals surface area contributed by atoms with Gasteiger partial charge in [0, 0.05) is 62.3 Å². The first-order valence-electron chi connectivity index (χ1n) is 14.6. The zero-order valence-corrected chi connectivity index (χ0v) is 27.1. The number of carbonyl (C=O) groups is 2. The molecule has 1 fully saturated rings. The number of alkyl halides is 2. The molecule has 0 radical (unpaired) electrons. The fraction of sp³-hybridized carbons (Fsp3) is 0.375. The van der Waals surface area contributed by atoms with Crippen molar-refractivity contribution in [2.45, 2.75) is 19.5 Å². The maximum atomic E-state index is 12.8. The van der Waals surface area contributed by atoms with Gasteiger partial charge in [0.15, 0.2) is 0 Å². The minimum atomic E-state index is -0.520. The highest BCUT2D eigenvalue weighted by Gasteiger charge is 2.32. The van der Waals surface area contributed by atoms with Crippen LogP contribution in [0.2, 0.25) is 0 Å². The number of hydrogen-bond donors (Lipinski definition) is 3. The summed E-state index contributed by atoms with van der Waals surface area (Å²) in [7, 11) is 0. The molecule has 1 atom stereocenters. The summed E-state index contributed by atoms with van der Waals surface area (Å²) in [5, 5.41) is 6.69. The number of nitrogens with zero attached hydrogens (tertiary/aromatic N) is 3. The summed E-state index contributed by atoms with van der Waals surface area (Å²) in [5.41, 5.74) is 12.4. The number of fused-ring (bicyclic) bond motifs is 1. The first-order valence-corrected chi connectivity index (χ1v) is 15.6. The van der Waals surface area contributed by atoms with Crippen LogP contribution in [0.25, 0.3) is 0 Å². The number of ether oxygens (including phenoxy) is 1. The molecular weight excluding hydrogens is 623 g/mol. The number of benzene rings is 3. The van der Waals surface area contributed by atoms with Gasteiger partial charge in [0.2, 0.25) is 5.91 Å². The minimum absolute atomic E-state index is 0. The molecule has 0 spiro atoms. The lowest BCUT2D eigenvalue weighted by atomic mass is 10.0. The highest BCUT2D eigenvalue weighted by atomic mass is 35.5. The van der Waals surface area contributed by atoms with Crippen molar-refractivity contribution in [1.29, 1.82) is 0 Å². The van der Waals surface area contributed by atoms with E-state index in [1.165, 1.54) is 0 Å². The molecule has 0 aromatic heterocycles. The molecule has 1 saturated heterocycles. The molecule has 0 saturated carbocycles. The highest BCUT2D eigenvalue weighted by Crippen LogP contribution is 2.47. The first-order chi connectivity index (χ1) is 20.9. The Morgan fingerprint density at radius 2 is 1.77 bits per heavy atom. The number of halogens is 3. The summed E-state index contributed by atoms with van der Waals surface area (Å²) in [6.07, 6.45) is 0.116. The fourth-order valence-corrected chi connectivity index (χ4v) is 6.23. The molecule has 4 N–H and O–H groups in total. The van der Waals surface area contributed by atoms with E-state index in [1.54, 1.807) is 0 Å². The molecule has 12 heteroatoms. The number of rotatable bonds is 12. The Kier molecular flexibility index (Phi) is 12.0. The number of primary amides is 1. The molecule has 236 valence electrons. The molecular formula is C32H39Cl3N6O3. The Morgan fingerprint density at radius 3 is 2.48 bits per heavy atom. The molecule has 0 aliphatic carbocycles. The quantitative estimate of drug-likeness (QED) is 0.213. The third-order valence-electron chi connectivity index (χ3n) is 7.81. The van der Waals surface area contributed by atoms with E-state index in [-0.39, 0.29) is 24.5 Å². The lowest BCUT2D eigenvalue weighted by molar-refractivity contribution is -0.116. The Labute approximate surface area is 275 Å². The summed E-state index contributed by atoms with van der Waals surface area (Å²) in [6, 6.07) is 19.8. The van der Waals surface area contributed by atoms with Crippen LogP contribution in [0.4, 0.5) is 28.4 Å². The number of carbonyl (C=O) groups excluding carboxylic acids is 2. The number of hydrogen-bond acceptors (Lipinski definition) is 7. The third-order valence-corrected chi connectivity index (χ3v) is 8.15. The van der Waals surface area contributed by atoms with Crippen molar-refractivity contribution < 1.29 is 14.3 Å². The van der Waals surface area contributed by atoms with Gasteiger partial charge in [0.25, 0.3) is 5.91 Å². The number of amides is 2. The standard InChI is InChI=1S/C32H38Cl2N6O3.ClH/c1-22-19-25(21-26(31(35)42)30(22)39(13-10-33)14-11-34)40-28-8-3-2-7-27(28)37-32(40)23-5-4-6-24(20-23)36-29(41)9-12-38-15-17-43-18-16-38;/h2-8,19-21,32,37H,9-18H2,1H3,(H2,35,42)(H,36,41);1H. The van der Waals surface area contributed by atoms with E-state index in [0.29, 0.717) is 56.6 Å². The van der Waals surface area contributed by atoms with Crippen LogP contribution >= 0.6 is 35.6 Å². The van der Waals surface area contributed by atoms with Crippen molar-refractivity contribution in [3.8, 4) is 0 Å². The van der Waals surface area contributed by atoms with Gasteiger partial charge in [-0.15, -0.1) is 35.6 Å². The van der Waals surface area contributed by atoms with Gasteiger partial charge in [-0.1, -0.05) is 24.3 Å². The zero-order chi connectivity index (χ0) is 30.3. The Bertz CT molecular complexity index is 1450. The van der Waals surface area contributed by atoms with Crippen molar-refractivity contribution in [2.24, 2.45) is 5.73 Å². The van der Waals surface area contributed by atoms with Crippen LogP contribution in [0.5, 0.6) is 0 Å². The van der Waals surface area contributed by atoms with E-state index < -0.39 is 5.91 Å². The second kappa shape index (κ2) is 15.7. The molecule has 0 bridgehead atoms. The van der Waals surface area contributed by atoms with Gasteiger partial charge in [-0.3, -0.25) is 14.5 Å². The Balaban J connectivity index is 0.00000442. The van der Waals surface area contributed by atoms with E-state index in [4.69, 9.17) is 33.7 Å². The topological polar surface area (TPSA) is 103 Å². The molecule has 3 aromatic carbocycles. The second-order valence-corrected chi connectivity index (χ2v) is 11.5. The molecule has 9 nitrogen and oxygen atoms in total. The molecule has 2 aliphatic rings. The lowest BCUT2D eigenvalue weighted by Crippen LogP contribution is -2.38. The number of nitrogens with one attached hydrogen (secondary N) is 2. The maximum absolute atomic E-state index is 12.8. The average molecular weight is 662 g/mol. The van der Waals surface area contributed by atoms with Crippen LogP contribution < -0.4 is 26.2 Å². The summed E-state index contributed by atoms with van der Waals surface area (Å²) in [6.45, 7) is 6.86. The van der Waals surface area contributed by atoms with Crippen LogP contribution in [-0.2, 0) is 9.53 Å². The molecule has 5 rings (SSSR count). The minimum Gasteiger partial charge on any atom is -0.379 e. The summed E-state index contributed by atoms with van der Waals surface area (Å²) < 4.78 is 5.40. The number of anilines is 5. The van der Waals surface area contributed by atoms with Crippen molar-refractivity contribution in [1.82, 2.24) is 4.90 Å². The van der Waals surface area contributed by atoms with Gasteiger partial charge in [0.1, 0.15) is 6.17 Å². The van der Waals surface area contributed by atoms with E-state index in [9.17, 15) is 9.59 Å². The Hall–Kier alpha value is -3.21.